The maximum Gasteiger partial charge on any atom is 0.254 e. The molecule has 2 rings (SSSR count). The number of benzene rings is 2. The van der Waals surface area contributed by atoms with Crippen molar-refractivity contribution in [3.63, 3.8) is 0 Å². The molecule has 27 heavy (non-hydrogen) atoms. The van der Waals surface area contributed by atoms with Crippen molar-refractivity contribution in [2.24, 2.45) is 0 Å². The number of hydrogen-bond acceptors (Lipinski definition) is 3. The second-order valence-electron chi connectivity index (χ2n) is 5.86. The first-order valence-corrected chi connectivity index (χ1v) is 9.47. The smallest absolute Gasteiger partial charge is 0.254 e. The zero-order valence-electron chi connectivity index (χ0n) is 15.3. The van der Waals surface area contributed by atoms with Crippen molar-refractivity contribution in [2.45, 2.75) is 20.3 Å². The molecule has 0 aromatic heterocycles. The molecule has 1 N–H and O–H groups in total. The summed E-state index contributed by atoms with van der Waals surface area (Å²) in [7, 11) is 0. The summed E-state index contributed by atoms with van der Waals surface area (Å²) in [5, 5.41) is 3.55. The third-order valence-corrected chi connectivity index (χ3v) is 4.29. The van der Waals surface area contributed by atoms with E-state index >= 15 is 0 Å². The minimum Gasteiger partial charge on any atom is -0.494 e. The highest BCUT2D eigenvalue weighted by Gasteiger charge is 2.19. The third-order valence-electron chi connectivity index (χ3n) is 3.73. The average Bonchev–Trinajstić information content (AvgIpc) is 2.65. The van der Waals surface area contributed by atoms with E-state index in [1.165, 1.54) is 4.90 Å². The van der Waals surface area contributed by atoms with Gasteiger partial charge in [0.25, 0.3) is 5.91 Å². The Morgan fingerprint density at radius 1 is 1.07 bits per heavy atom. The van der Waals surface area contributed by atoms with Crippen molar-refractivity contribution in [3.05, 3.63) is 58.1 Å². The fourth-order valence-corrected chi connectivity index (χ4v) is 2.86. The largest absolute Gasteiger partial charge is 0.494 e. The molecule has 0 aliphatic heterocycles. The van der Waals surface area contributed by atoms with Crippen molar-refractivity contribution in [3.8, 4) is 5.75 Å². The molecule has 2 aromatic carbocycles. The van der Waals surface area contributed by atoms with Crippen LogP contribution in [0, 0.1) is 0 Å². The highest BCUT2D eigenvalue weighted by molar-refractivity contribution is 6.35. The van der Waals surface area contributed by atoms with Crippen molar-refractivity contribution >= 4 is 40.7 Å². The number of carbonyl (C=O) groups excluding carboxylic acids is 2. The zero-order chi connectivity index (χ0) is 19.8. The molecular weight excluding hydrogens is 387 g/mol. The van der Waals surface area contributed by atoms with E-state index in [9.17, 15) is 9.59 Å². The topological polar surface area (TPSA) is 58.6 Å². The average molecular weight is 409 g/mol. The molecule has 0 heterocycles. The van der Waals surface area contributed by atoms with Crippen LogP contribution in [0.4, 0.5) is 5.69 Å². The Morgan fingerprint density at radius 3 is 2.41 bits per heavy atom. The van der Waals surface area contributed by atoms with Gasteiger partial charge in [-0.15, -0.1) is 0 Å². The predicted octanol–water partition coefficient (Wildman–Crippen LogP) is 4.88. The van der Waals surface area contributed by atoms with Gasteiger partial charge in [0.15, 0.2) is 0 Å². The third kappa shape index (κ3) is 6.15. The summed E-state index contributed by atoms with van der Waals surface area (Å²) in [4.78, 5) is 26.7. The van der Waals surface area contributed by atoms with E-state index in [1.807, 2.05) is 13.8 Å². The van der Waals surface area contributed by atoms with E-state index in [4.69, 9.17) is 27.9 Å². The lowest BCUT2D eigenvalue weighted by Crippen LogP contribution is -2.38. The quantitative estimate of drug-likeness (QED) is 0.676. The molecule has 0 saturated carbocycles. The molecule has 0 atom stereocenters. The molecule has 7 heteroatoms. The molecule has 0 radical (unpaired) electrons. The monoisotopic (exact) mass is 408 g/mol. The van der Waals surface area contributed by atoms with Gasteiger partial charge < -0.3 is 15.0 Å². The highest BCUT2D eigenvalue weighted by atomic mass is 35.5. The summed E-state index contributed by atoms with van der Waals surface area (Å²) in [6.45, 7) is 4.78. The van der Waals surface area contributed by atoms with Gasteiger partial charge in [-0.2, -0.15) is 0 Å². The molecular formula is C20H22Cl2N2O3. The van der Waals surface area contributed by atoms with Gasteiger partial charge in [-0.25, -0.2) is 0 Å². The van der Waals surface area contributed by atoms with Crippen LogP contribution >= 0.6 is 23.2 Å². The van der Waals surface area contributed by atoms with Gasteiger partial charge >= 0.3 is 0 Å². The van der Waals surface area contributed by atoms with E-state index in [-0.39, 0.29) is 18.4 Å². The SMILES string of the molecule is CCCN(CC(=O)Nc1cc(Cl)ccc1Cl)C(=O)c1ccc(OCC)cc1. The summed E-state index contributed by atoms with van der Waals surface area (Å²) in [5.41, 5.74) is 0.916. The number of carbonyl (C=O) groups is 2. The van der Waals surface area contributed by atoms with Gasteiger partial charge in [0.05, 0.1) is 17.3 Å². The number of halogens is 2. The van der Waals surface area contributed by atoms with Crippen LogP contribution in [0.25, 0.3) is 0 Å². The summed E-state index contributed by atoms with van der Waals surface area (Å²) in [5.74, 6) is 0.142. The second kappa shape index (κ2) is 10.2. The number of hydrogen-bond donors (Lipinski definition) is 1. The molecule has 0 aliphatic rings. The summed E-state index contributed by atoms with van der Waals surface area (Å²) >= 11 is 12.0. The van der Waals surface area contributed by atoms with Gasteiger partial charge in [-0.1, -0.05) is 30.1 Å². The Balaban J connectivity index is 2.08. The lowest BCUT2D eigenvalue weighted by atomic mass is 10.2. The number of nitrogens with one attached hydrogen (secondary N) is 1. The molecule has 2 aromatic rings. The van der Waals surface area contributed by atoms with Crippen molar-refractivity contribution < 1.29 is 14.3 Å². The number of rotatable bonds is 8. The van der Waals surface area contributed by atoms with Gasteiger partial charge in [0.2, 0.25) is 5.91 Å². The van der Waals surface area contributed by atoms with Crippen molar-refractivity contribution in [1.29, 1.82) is 0 Å². The fourth-order valence-electron chi connectivity index (χ4n) is 2.52. The van der Waals surface area contributed by atoms with Crippen LogP contribution in [-0.4, -0.2) is 36.4 Å². The molecule has 0 fully saturated rings. The van der Waals surface area contributed by atoms with Crippen LogP contribution < -0.4 is 10.1 Å². The molecule has 0 aliphatic carbocycles. The van der Waals surface area contributed by atoms with E-state index in [0.717, 1.165) is 6.42 Å². The molecule has 0 unspecified atom stereocenters. The second-order valence-corrected chi connectivity index (χ2v) is 6.70. The number of ether oxygens (including phenoxy) is 1. The summed E-state index contributed by atoms with van der Waals surface area (Å²) < 4.78 is 5.39. The fraction of sp³-hybridized carbons (Fsp3) is 0.300. The van der Waals surface area contributed by atoms with Gasteiger partial charge in [-0.05, 0) is 55.8 Å². The first-order valence-electron chi connectivity index (χ1n) is 8.71. The highest BCUT2D eigenvalue weighted by Crippen LogP contribution is 2.25. The van der Waals surface area contributed by atoms with Gasteiger partial charge in [-0.3, -0.25) is 9.59 Å². The predicted molar refractivity (Wildman–Crippen MR) is 109 cm³/mol. The van der Waals surface area contributed by atoms with Gasteiger partial charge in [0.1, 0.15) is 12.3 Å². The molecule has 2 amide bonds. The zero-order valence-corrected chi connectivity index (χ0v) is 16.8. The normalized spacial score (nSPS) is 10.4. The lowest BCUT2D eigenvalue weighted by molar-refractivity contribution is -0.116. The minimum atomic E-state index is -0.341. The molecule has 0 saturated heterocycles. The Morgan fingerprint density at radius 2 is 1.78 bits per heavy atom. The lowest BCUT2D eigenvalue weighted by Gasteiger charge is -2.22. The van der Waals surface area contributed by atoms with E-state index < -0.39 is 0 Å². The standard InChI is InChI=1S/C20H22Cl2N2O3/c1-3-11-24(20(26)14-5-8-16(9-6-14)27-4-2)13-19(25)23-18-12-15(21)7-10-17(18)22/h5-10,12H,3-4,11,13H2,1-2H3,(H,23,25). The van der Waals surface area contributed by atoms with Crippen LogP contribution in [0.2, 0.25) is 10.0 Å². The number of anilines is 1. The maximum absolute atomic E-state index is 12.8. The minimum absolute atomic E-state index is 0.0806. The summed E-state index contributed by atoms with van der Waals surface area (Å²) in [6.07, 6.45) is 0.730. The first-order chi connectivity index (χ1) is 12.9. The number of amides is 2. The summed E-state index contributed by atoms with van der Waals surface area (Å²) in [6, 6.07) is 11.7. The van der Waals surface area contributed by atoms with Crippen molar-refractivity contribution in [2.75, 3.05) is 25.0 Å². The maximum atomic E-state index is 12.8. The Kier molecular flexibility index (Phi) is 7.95. The Bertz CT molecular complexity index is 794. The van der Waals surface area contributed by atoms with Crippen LogP contribution in [0.1, 0.15) is 30.6 Å². The van der Waals surface area contributed by atoms with Crippen LogP contribution in [-0.2, 0) is 4.79 Å². The Labute approximate surface area is 169 Å². The van der Waals surface area contributed by atoms with Crippen LogP contribution in [0.3, 0.4) is 0 Å². The van der Waals surface area contributed by atoms with E-state index in [0.29, 0.717) is 40.2 Å². The Hall–Kier alpha value is -2.24. The first kappa shape index (κ1) is 21.1. The van der Waals surface area contributed by atoms with Crippen LogP contribution in [0.15, 0.2) is 42.5 Å². The van der Waals surface area contributed by atoms with Gasteiger partial charge in [0, 0.05) is 17.1 Å². The molecule has 5 nitrogen and oxygen atoms in total. The van der Waals surface area contributed by atoms with E-state index in [1.54, 1.807) is 42.5 Å². The van der Waals surface area contributed by atoms with E-state index in [2.05, 4.69) is 5.32 Å². The molecule has 0 spiro atoms. The van der Waals surface area contributed by atoms with Crippen molar-refractivity contribution in [1.82, 2.24) is 4.90 Å². The molecule has 0 bridgehead atoms. The number of nitrogens with zero attached hydrogens (tertiary/aromatic N) is 1. The molecule has 144 valence electrons. The van der Waals surface area contributed by atoms with Crippen LogP contribution in [0.5, 0.6) is 5.75 Å².